The molecule has 120 valence electrons. The molecule has 7 nitrogen and oxygen atoms in total. The van der Waals surface area contributed by atoms with E-state index in [1.54, 1.807) is 0 Å². The van der Waals surface area contributed by atoms with Gasteiger partial charge in [-0.2, -0.15) is 5.26 Å². The summed E-state index contributed by atoms with van der Waals surface area (Å²) in [5, 5.41) is 19.8. The number of hydrogen-bond donors (Lipinski definition) is 3. The van der Waals surface area contributed by atoms with Crippen molar-refractivity contribution in [2.75, 3.05) is 18.4 Å². The summed E-state index contributed by atoms with van der Waals surface area (Å²) >= 11 is 0. The monoisotopic (exact) mass is 324 g/mol. The first-order valence-corrected chi connectivity index (χ1v) is 8.19. The summed E-state index contributed by atoms with van der Waals surface area (Å²) in [6, 6.07) is 5.93. The average Bonchev–Trinajstić information content (AvgIpc) is 2.41. The Morgan fingerprint density at radius 3 is 2.45 bits per heavy atom. The van der Waals surface area contributed by atoms with E-state index in [4.69, 9.17) is 10.4 Å². The highest BCUT2D eigenvalue weighted by atomic mass is 32.2. The van der Waals surface area contributed by atoms with Crippen LogP contribution in [0, 0.1) is 16.7 Å². The van der Waals surface area contributed by atoms with E-state index < -0.39 is 15.4 Å². The molecule has 1 aromatic rings. The maximum atomic E-state index is 11.7. The lowest BCUT2D eigenvalue weighted by molar-refractivity contribution is -0.128. The van der Waals surface area contributed by atoms with E-state index in [0.29, 0.717) is 18.8 Å². The van der Waals surface area contributed by atoms with Crippen molar-refractivity contribution in [2.45, 2.75) is 25.7 Å². The molecule has 0 saturated carbocycles. The summed E-state index contributed by atoms with van der Waals surface area (Å²) in [4.78, 5) is 11.6. The van der Waals surface area contributed by atoms with Crippen LogP contribution in [0.4, 0.5) is 5.69 Å². The van der Waals surface area contributed by atoms with Gasteiger partial charge >= 0.3 is 0 Å². The maximum absolute atomic E-state index is 11.7. The van der Waals surface area contributed by atoms with Gasteiger partial charge in [0.05, 0.1) is 16.1 Å². The molecule has 0 fully saturated rings. The third kappa shape index (κ3) is 5.02. The maximum Gasteiger partial charge on any atom is 0.238 e. The molecule has 4 N–H and O–H groups in total. The minimum absolute atomic E-state index is 0.0700. The number of carbonyl (C=O) groups excluding carboxylic acids is 1. The fourth-order valence-corrected chi connectivity index (χ4v) is 2.13. The molecule has 1 aromatic carbocycles. The summed E-state index contributed by atoms with van der Waals surface area (Å²) < 4.78 is 22.5. The molecular weight excluding hydrogens is 304 g/mol. The van der Waals surface area contributed by atoms with E-state index in [0.717, 1.165) is 0 Å². The third-order valence-corrected chi connectivity index (χ3v) is 3.76. The standard InChI is InChI=1S/C14H20N4O3S/c1-14(2,3)13(19)18-7-6-17-12-5-4-11(22(16,20)21)8-10(12)9-15/h4-5,8,17H,6-7H2,1-3H3,(H,18,19)(H2,16,20,21). The van der Waals surface area contributed by atoms with Gasteiger partial charge in [-0.05, 0) is 18.2 Å². The van der Waals surface area contributed by atoms with Crippen molar-refractivity contribution in [1.29, 1.82) is 5.26 Å². The van der Waals surface area contributed by atoms with Crippen molar-refractivity contribution in [2.24, 2.45) is 10.6 Å². The molecule has 0 saturated heterocycles. The highest BCUT2D eigenvalue weighted by Crippen LogP contribution is 2.18. The lowest BCUT2D eigenvalue weighted by Crippen LogP contribution is -2.37. The Balaban J connectivity index is 2.68. The molecule has 0 heterocycles. The number of nitrogens with one attached hydrogen (secondary N) is 2. The zero-order chi connectivity index (χ0) is 17.0. The zero-order valence-corrected chi connectivity index (χ0v) is 13.6. The molecule has 0 aliphatic rings. The minimum atomic E-state index is -3.84. The first-order chi connectivity index (χ1) is 10.1. The van der Waals surface area contributed by atoms with E-state index in [1.165, 1.54) is 18.2 Å². The van der Waals surface area contributed by atoms with Crippen LogP contribution in [0.3, 0.4) is 0 Å². The van der Waals surface area contributed by atoms with Crippen LogP contribution in [0.1, 0.15) is 26.3 Å². The van der Waals surface area contributed by atoms with Gasteiger partial charge in [-0.1, -0.05) is 20.8 Å². The second-order valence-corrected chi connectivity index (χ2v) is 7.36. The van der Waals surface area contributed by atoms with Gasteiger partial charge in [0.25, 0.3) is 0 Å². The van der Waals surface area contributed by atoms with Gasteiger partial charge in [-0.25, -0.2) is 13.6 Å². The fraction of sp³-hybridized carbons (Fsp3) is 0.429. The molecule has 0 aliphatic heterocycles. The molecule has 0 unspecified atom stereocenters. The van der Waals surface area contributed by atoms with Gasteiger partial charge in [0.2, 0.25) is 15.9 Å². The van der Waals surface area contributed by atoms with Gasteiger partial charge in [-0.15, -0.1) is 0 Å². The lowest BCUT2D eigenvalue weighted by Gasteiger charge is -2.18. The van der Waals surface area contributed by atoms with E-state index in [2.05, 4.69) is 10.6 Å². The fourth-order valence-electron chi connectivity index (χ4n) is 1.59. The summed E-state index contributed by atoms with van der Waals surface area (Å²) in [5.41, 5.74) is 0.197. The molecule has 0 aliphatic carbocycles. The number of nitrogens with zero attached hydrogens (tertiary/aromatic N) is 1. The highest BCUT2D eigenvalue weighted by Gasteiger charge is 2.20. The molecule has 0 radical (unpaired) electrons. The predicted molar refractivity (Wildman–Crippen MR) is 83.5 cm³/mol. The third-order valence-electron chi connectivity index (χ3n) is 2.85. The number of primary sulfonamides is 1. The molecular formula is C14H20N4O3S. The zero-order valence-electron chi connectivity index (χ0n) is 12.8. The summed E-state index contributed by atoms with van der Waals surface area (Å²) in [6.07, 6.45) is 0. The summed E-state index contributed by atoms with van der Waals surface area (Å²) in [6.45, 7) is 6.24. The van der Waals surface area contributed by atoms with E-state index in [1.807, 2.05) is 26.8 Å². The smallest absolute Gasteiger partial charge is 0.238 e. The van der Waals surface area contributed by atoms with E-state index in [9.17, 15) is 13.2 Å². The van der Waals surface area contributed by atoms with Gasteiger partial charge < -0.3 is 10.6 Å². The van der Waals surface area contributed by atoms with Crippen molar-refractivity contribution in [3.8, 4) is 6.07 Å². The Morgan fingerprint density at radius 1 is 1.32 bits per heavy atom. The Hall–Kier alpha value is -2.11. The largest absolute Gasteiger partial charge is 0.382 e. The van der Waals surface area contributed by atoms with E-state index in [-0.39, 0.29) is 16.4 Å². The average molecular weight is 324 g/mol. The SMILES string of the molecule is CC(C)(C)C(=O)NCCNc1ccc(S(N)(=O)=O)cc1C#N. The number of nitriles is 1. The topological polar surface area (TPSA) is 125 Å². The van der Waals surface area contributed by atoms with Crippen molar-refractivity contribution < 1.29 is 13.2 Å². The number of sulfonamides is 1. The molecule has 1 rings (SSSR count). The Bertz CT molecular complexity index is 700. The van der Waals surface area contributed by atoms with Crippen molar-refractivity contribution in [1.82, 2.24) is 5.32 Å². The van der Waals surface area contributed by atoms with Crippen LogP contribution in [0.25, 0.3) is 0 Å². The number of amides is 1. The number of hydrogen-bond acceptors (Lipinski definition) is 5. The van der Waals surface area contributed by atoms with Crippen LogP contribution < -0.4 is 15.8 Å². The van der Waals surface area contributed by atoms with Crippen LogP contribution in [-0.2, 0) is 14.8 Å². The van der Waals surface area contributed by atoms with Crippen LogP contribution >= 0.6 is 0 Å². The molecule has 8 heteroatoms. The number of rotatable bonds is 5. The van der Waals surface area contributed by atoms with Crippen molar-refractivity contribution in [3.05, 3.63) is 23.8 Å². The van der Waals surface area contributed by atoms with Crippen LogP contribution in [-0.4, -0.2) is 27.4 Å². The highest BCUT2D eigenvalue weighted by molar-refractivity contribution is 7.89. The van der Waals surface area contributed by atoms with E-state index >= 15 is 0 Å². The quantitative estimate of drug-likeness (QED) is 0.690. The van der Waals surface area contributed by atoms with Crippen molar-refractivity contribution in [3.63, 3.8) is 0 Å². The molecule has 0 spiro atoms. The van der Waals surface area contributed by atoms with Crippen LogP contribution in [0.5, 0.6) is 0 Å². The predicted octanol–water partition coefficient (Wildman–Crippen LogP) is 0.780. The molecule has 0 bridgehead atoms. The van der Waals surface area contributed by atoms with Crippen LogP contribution in [0.2, 0.25) is 0 Å². The first kappa shape index (κ1) is 17.9. The van der Waals surface area contributed by atoms with Gasteiger partial charge in [0.1, 0.15) is 6.07 Å². The number of benzene rings is 1. The number of nitrogens with two attached hydrogens (primary N) is 1. The molecule has 1 amide bonds. The van der Waals surface area contributed by atoms with Crippen molar-refractivity contribution >= 4 is 21.6 Å². The Morgan fingerprint density at radius 2 is 1.95 bits per heavy atom. The Labute approximate surface area is 130 Å². The molecule has 0 atom stereocenters. The minimum Gasteiger partial charge on any atom is -0.382 e. The number of carbonyl (C=O) groups is 1. The first-order valence-electron chi connectivity index (χ1n) is 6.65. The van der Waals surface area contributed by atoms with Gasteiger partial charge in [0.15, 0.2) is 0 Å². The second kappa shape index (κ2) is 6.77. The normalized spacial score (nSPS) is 11.6. The molecule has 22 heavy (non-hydrogen) atoms. The summed E-state index contributed by atoms with van der Waals surface area (Å²) in [5.74, 6) is -0.0700. The Kier molecular flexibility index (Phi) is 5.52. The van der Waals surface area contributed by atoms with Crippen LogP contribution in [0.15, 0.2) is 23.1 Å². The number of anilines is 1. The molecule has 0 aromatic heterocycles. The lowest BCUT2D eigenvalue weighted by atomic mass is 9.96. The second-order valence-electron chi connectivity index (χ2n) is 5.80. The summed E-state index contributed by atoms with van der Waals surface area (Å²) in [7, 11) is -3.84. The van der Waals surface area contributed by atoms with Gasteiger partial charge in [0, 0.05) is 18.5 Å². The van der Waals surface area contributed by atoms with Gasteiger partial charge in [-0.3, -0.25) is 4.79 Å².